The van der Waals surface area contributed by atoms with Gasteiger partial charge in [0, 0.05) is 35.2 Å². The molecule has 0 radical (unpaired) electrons. The van der Waals surface area contributed by atoms with Crippen LogP contribution in [0.1, 0.15) is 57.9 Å². The molecule has 112 valence electrons. The Labute approximate surface area is 133 Å². The number of fused-ring (bicyclic) bond motifs is 1. The zero-order valence-corrected chi connectivity index (χ0v) is 14.0. The fraction of sp³-hybridized carbons (Fsp3) is 0.625. The van der Waals surface area contributed by atoms with Gasteiger partial charge >= 0.3 is 0 Å². The van der Waals surface area contributed by atoms with E-state index in [9.17, 15) is 0 Å². The van der Waals surface area contributed by atoms with Crippen molar-refractivity contribution in [2.45, 2.75) is 57.4 Å². The van der Waals surface area contributed by atoms with Crippen LogP contribution >= 0.6 is 22.7 Å². The zero-order chi connectivity index (χ0) is 14.2. The first-order valence-electron chi connectivity index (χ1n) is 7.91. The van der Waals surface area contributed by atoms with E-state index in [1.165, 1.54) is 53.4 Å². The summed E-state index contributed by atoms with van der Waals surface area (Å²) in [5, 5.41) is 8.26. The van der Waals surface area contributed by atoms with E-state index in [4.69, 9.17) is 4.98 Å². The Hall–Kier alpha value is -0.780. The molecular formula is C16H21N3S2. The van der Waals surface area contributed by atoms with Crippen molar-refractivity contribution >= 4 is 22.7 Å². The van der Waals surface area contributed by atoms with Crippen LogP contribution < -0.4 is 5.32 Å². The van der Waals surface area contributed by atoms with Crippen LogP contribution in [0.2, 0.25) is 0 Å². The molecule has 1 unspecified atom stereocenters. The number of rotatable bonds is 5. The molecule has 1 N–H and O–H groups in total. The molecule has 0 saturated heterocycles. The number of aromatic nitrogens is 2. The van der Waals surface area contributed by atoms with E-state index < -0.39 is 0 Å². The third-order valence-electron chi connectivity index (χ3n) is 4.34. The van der Waals surface area contributed by atoms with Gasteiger partial charge in [-0.25, -0.2) is 9.97 Å². The molecule has 21 heavy (non-hydrogen) atoms. The van der Waals surface area contributed by atoms with Crippen molar-refractivity contribution in [3.63, 3.8) is 0 Å². The van der Waals surface area contributed by atoms with Gasteiger partial charge in [-0.2, -0.15) is 0 Å². The van der Waals surface area contributed by atoms with Gasteiger partial charge in [0.15, 0.2) is 0 Å². The molecule has 1 atom stereocenters. The van der Waals surface area contributed by atoms with E-state index in [-0.39, 0.29) is 0 Å². The molecule has 0 amide bonds. The lowest BCUT2D eigenvalue weighted by Crippen LogP contribution is -2.25. The summed E-state index contributed by atoms with van der Waals surface area (Å²) in [6.45, 7) is 3.19. The highest BCUT2D eigenvalue weighted by molar-refractivity contribution is 7.11. The summed E-state index contributed by atoms with van der Waals surface area (Å²) >= 11 is 3.65. The van der Waals surface area contributed by atoms with Crippen molar-refractivity contribution in [2.75, 3.05) is 6.54 Å². The summed E-state index contributed by atoms with van der Waals surface area (Å²) in [7, 11) is 0. The highest BCUT2D eigenvalue weighted by atomic mass is 32.1. The molecule has 0 aromatic carbocycles. The van der Waals surface area contributed by atoms with Crippen LogP contribution in [0.5, 0.6) is 0 Å². The second-order valence-corrected chi connectivity index (χ2v) is 8.45. The summed E-state index contributed by atoms with van der Waals surface area (Å²) in [5.74, 6) is 0.636. The molecule has 2 aromatic rings. The second-order valence-electron chi connectivity index (χ2n) is 6.22. The van der Waals surface area contributed by atoms with Crippen molar-refractivity contribution in [1.29, 1.82) is 0 Å². The molecule has 2 heterocycles. The van der Waals surface area contributed by atoms with E-state index in [0.29, 0.717) is 5.92 Å². The summed E-state index contributed by atoms with van der Waals surface area (Å²) in [5.41, 5.74) is 2.57. The average Bonchev–Trinajstić information content (AvgIpc) is 3.07. The molecule has 0 spiro atoms. The van der Waals surface area contributed by atoms with Crippen molar-refractivity contribution in [1.82, 2.24) is 15.3 Å². The maximum Gasteiger partial charge on any atom is 0.0991 e. The molecule has 2 aliphatic rings. The standard InChI is InChI=1S/C16H21N3S2/c1-10-18-13(9-20-10)7-15-19-16-11(8-17-12-5-6-12)3-2-4-14(16)21-15/h9,11-12,17H,2-8H2,1H3. The van der Waals surface area contributed by atoms with E-state index in [0.717, 1.165) is 24.0 Å². The lowest BCUT2D eigenvalue weighted by molar-refractivity contribution is 0.500. The minimum absolute atomic E-state index is 0.636. The van der Waals surface area contributed by atoms with Crippen LogP contribution in [0.4, 0.5) is 0 Å². The van der Waals surface area contributed by atoms with Gasteiger partial charge in [0.2, 0.25) is 0 Å². The van der Waals surface area contributed by atoms with Crippen LogP contribution in [0, 0.1) is 6.92 Å². The van der Waals surface area contributed by atoms with Gasteiger partial charge in [0.1, 0.15) is 0 Å². The Morgan fingerprint density at radius 2 is 2.19 bits per heavy atom. The smallest absolute Gasteiger partial charge is 0.0991 e. The molecule has 3 nitrogen and oxygen atoms in total. The topological polar surface area (TPSA) is 37.8 Å². The quantitative estimate of drug-likeness (QED) is 0.914. The molecule has 5 heteroatoms. The van der Waals surface area contributed by atoms with E-state index in [1.54, 1.807) is 11.3 Å². The predicted molar refractivity (Wildman–Crippen MR) is 88.5 cm³/mol. The third kappa shape index (κ3) is 3.20. The van der Waals surface area contributed by atoms with Gasteiger partial charge in [-0.3, -0.25) is 0 Å². The van der Waals surface area contributed by atoms with Gasteiger partial charge in [-0.05, 0) is 39.0 Å². The molecular weight excluding hydrogens is 298 g/mol. The molecule has 2 aromatic heterocycles. The van der Waals surface area contributed by atoms with E-state index in [1.807, 2.05) is 11.3 Å². The number of nitrogens with zero attached hydrogens (tertiary/aromatic N) is 2. The van der Waals surface area contributed by atoms with Gasteiger partial charge in [-0.1, -0.05) is 0 Å². The molecule has 1 saturated carbocycles. The average molecular weight is 319 g/mol. The maximum absolute atomic E-state index is 4.98. The monoisotopic (exact) mass is 319 g/mol. The van der Waals surface area contributed by atoms with Crippen molar-refractivity contribution in [2.24, 2.45) is 0 Å². The SMILES string of the molecule is Cc1nc(Cc2nc3c(s2)CCCC3CNC2CC2)cs1. The predicted octanol–water partition coefficient (Wildman–Crippen LogP) is 3.67. The van der Waals surface area contributed by atoms with Crippen LogP contribution in [-0.2, 0) is 12.8 Å². The summed E-state index contributed by atoms with van der Waals surface area (Å²) in [6.07, 6.45) is 7.48. The Balaban J connectivity index is 1.49. The highest BCUT2D eigenvalue weighted by Gasteiger charge is 2.27. The molecule has 0 bridgehead atoms. The minimum Gasteiger partial charge on any atom is -0.313 e. The lowest BCUT2D eigenvalue weighted by Gasteiger charge is -2.21. The first-order valence-corrected chi connectivity index (χ1v) is 9.60. The van der Waals surface area contributed by atoms with Crippen molar-refractivity contribution in [3.05, 3.63) is 31.7 Å². The Kier molecular flexibility index (Phi) is 3.81. The molecule has 1 fully saturated rings. The van der Waals surface area contributed by atoms with Crippen LogP contribution in [0.3, 0.4) is 0 Å². The van der Waals surface area contributed by atoms with E-state index >= 15 is 0 Å². The number of hydrogen-bond donors (Lipinski definition) is 1. The normalized spacial score (nSPS) is 21.5. The number of nitrogens with one attached hydrogen (secondary N) is 1. The summed E-state index contributed by atoms with van der Waals surface area (Å²) in [6, 6.07) is 0.798. The highest BCUT2D eigenvalue weighted by Crippen LogP contribution is 2.35. The van der Waals surface area contributed by atoms with Gasteiger partial charge in [0.25, 0.3) is 0 Å². The lowest BCUT2D eigenvalue weighted by atomic mass is 9.91. The largest absolute Gasteiger partial charge is 0.313 e. The molecule has 4 rings (SSSR count). The van der Waals surface area contributed by atoms with Crippen molar-refractivity contribution in [3.8, 4) is 0 Å². The molecule has 2 aliphatic carbocycles. The Bertz CT molecular complexity index is 627. The minimum atomic E-state index is 0.636. The number of aryl methyl sites for hydroxylation is 2. The Morgan fingerprint density at radius 3 is 2.95 bits per heavy atom. The zero-order valence-electron chi connectivity index (χ0n) is 12.4. The summed E-state index contributed by atoms with van der Waals surface area (Å²) in [4.78, 5) is 11.1. The van der Waals surface area contributed by atoms with Crippen molar-refractivity contribution < 1.29 is 0 Å². The fourth-order valence-electron chi connectivity index (χ4n) is 3.07. The van der Waals surface area contributed by atoms with Gasteiger partial charge in [0.05, 0.1) is 21.4 Å². The number of thiazole rings is 2. The maximum atomic E-state index is 4.98. The van der Waals surface area contributed by atoms with Crippen LogP contribution in [0.25, 0.3) is 0 Å². The molecule has 0 aliphatic heterocycles. The van der Waals surface area contributed by atoms with Gasteiger partial charge < -0.3 is 5.32 Å². The summed E-state index contributed by atoms with van der Waals surface area (Å²) < 4.78 is 0. The third-order valence-corrected chi connectivity index (χ3v) is 6.30. The van der Waals surface area contributed by atoms with Crippen LogP contribution in [-0.4, -0.2) is 22.6 Å². The second kappa shape index (κ2) is 5.78. The number of hydrogen-bond acceptors (Lipinski definition) is 5. The van der Waals surface area contributed by atoms with Gasteiger partial charge in [-0.15, -0.1) is 22.7 Å². The first kappa shape index (κ1) is 13.9. The first-order chi connectivity index (χ1) is 10.3. The fourth-order valence-corrected chi connectivity index (χ4v) is 4.90. The van der Waals surface area contributed by atoms with Crippen LogP contribution in [0.15, 0.2) is 5.38 Å². The Morgan fingerprint density at radius 1 is 1.29 bits per heavy atom. The van der Waals surface area contributed by atoms with E-state index in [2.05, 4.69) is 22.6 Å².